The second kappa shape index (κ2) is 20.4. The van der Waals surface area contributed by atoms with Gasteiger partial charge >= 0.3 is 5.97 Å². The Morgan fingerprint density at radius 3 is 1.88 bits per heavy atom. The molecule has 32 heavy (non-hydrogen) atoms. The first-order chi connectivity index (χ1) is 15.3. The molecule has 0 rings (SSSR count). The molecular formula is C25H48N2O4S. The number of hydrogen-bond donors (Lipinski definition) is 3. The number of thioether (sulfide) groups is 1. The van der Waals surface area contributed by atoms with Crippen LogP contribution in [-0.4, -0.2) is 46.5 Å². The van der Waals surface area contributed by atoms with Crippen molar-refractivity contribution in [3.8, 4) is 0 Å². The lowest BCUT2D eigenvalue weighted by Crippen LogP contribution is -2.53. The zero-order chi connectivity index (χ0) is 24.2. The molecule has 0 fully saturated rings. The summed E-state index contributed by atoms with van der Waals surface area (Å²) in [6.07, 6.45) is 13.6. The summed E-state index contributed by atoms with van der Waals surface area (Å²) in [6, 6.07) is -1.63. The smallest absolute Gasteiger partial charge is 0.326 e. The predicted octanol–water partition coefficient (Wildman–Crippen LogP) is 5.54. The molecule has 6 nitrogen and oxygen atoms in total. The lowest BCUT2D eigenvalue weighted by molar-refractivity contribution is -0.142. The normalized spacial score (nSPS) is 13.0. The minimum absolute atomic E-state index is 0.125. The SMILES string of the molecule is CCCCCCCCCCCC(=O)N[C@H](CSCCCC)C(=O)N[C@@H](CC(C)C)C(=O)O. The topological polar surface area (TPSA) is 95.5 Å². The van der Waals surface area contributed by atoms with Crippen molar-refractivity contribution in [2.24, 2.45) is 5.92 Å². The van der Waals surface area contributed by atoms with Gasteiger partial charge in [0.25, 0.3) is 0 Å². The highest BCUT2D eigenvalue weighted by molar-refractivity contribution is 7.99. The number of aliphatic carboxylic acids is 1. The molecule has 0 aliphatic carbocycles. The van der Waals surface area contributed by atoms with Crippen molar-refractivity contribution in [2.75, 3.05) is 11.5 Å². The maximum atomic E-state index is 12.8. The van der Waals surface area contributed by atoms with Gasteiger partial charge in [0.15, 0.2) is 0 Å². The lowest BCUT2D eigenvalue weighted by Gasteiger charge is -2.22. The molecule has 0 unspecified atom stereocenters. The van der Waals surface area contributed by atoms with Gasteiger partial charge in [-0.15, -0.1) is 0 Å². The zero-order valence-corrected chi connectivity index (χ0v) is 21.7. The minimum atomic E-state index is -1.04. The molecule has 7 heteroatoms. The highest BCUT2D eigenvalue weighted by Crippen LogP contribution is 2.12. The summed E-state index contributed by atoms with van der Waals surface area (Å²) in [4.78, 5) is 36.7. The van der Waals surface area contributed by atoms with E-state index in [2.05, 4.69) is 24.5 Å². The number of carbonyl (C=O) groups excluding carboxylic acids is 2. The molecule has 0 heterocycles. The summed E-state index contributed by atoms with van der Waals surface area (Å²) in [7, 11) is 0. The summed E-state index contributed by atoms with van der Waals surface area (Å²) >= 11 is 1.63. The van der Waals surface area contributed by atoms with Gasteiger partial charge in [-0.25, -0.2) is 4.79 Å². The molecule has 0 aliphatic rings. The third-order valence-electron chi connectivity index (χ3n) is 5.41. The van der Waals surface area contributed by atoms with Crippen molar-refractivity contribution < 1.29 is 19.5 Å². The van der Waals surface area contributed by atoms with Gasteiger partial charge in [0, 0.05) is 12.2 Å². The van der Waals surface area contributed by atoms with Gasteiger partial charge in [-0.2, -0.15) is 11.8 Å². The minimum Gasteiger partial charge on any atom is -0.480 e. The number of amides is 2. The Hall–Kier alpha value is -1.24. The summed E-state index contributed by atoms with van der Waals surface area (Å²) < 4.78 is 0. The van der Waals surface area contributed by atoms with Crippen LogP contribution in [0.4, 0.5) is 0 Å². The van der Waals surface area contributed by atoms with Crippen LogP contribution in [-0.2, 0) is 14.4 Å². The van der Waals surface area contributed by atoms with E-state index in [1.807, 2.05) is 13.8 Å². The Balaban J connectivity index is 4.48. The van der Waals surface area contributed by atoms with Crippen LogP contribution in [0, 0.1) is 5.92 Å². The summed E-state index contributed by atoms with van der Waals surface area (Å²) in [5.41, 5.74) is 0. The van der Waals surface area contributed by atoms with E-state index in [1.54, 1.807) is 11.8 Å². The average Bonchev–Trinajstić information content (AvgIpc) is 2.73. The van der Waals surface area contributed by atoms with E-state index in [0.29, 0.717) is 18.6 Å². The van der Waals surface area contributed by atoms with Gasteiger partial charge in [-0.05, 0) is 30.9 Å². The number of carboxylic acid groups (broad SMARTS) is 1. The maximum Gasteiger partial charge on any atom is 0.326 e. The van der Waals surface area contributed by atoms with Crippen LogP contribution in [0.5, 0.6) is 0 Å². The number of rotatable bonds is 21. The molecule has 0 aromatic heterocycles. The molecule has 2 atom stereocenters. The van der Waals surface area contributed by atoms with Crippen molar-refractivity contribution >= 4 is 29.5 Å². The van der Waals surface area contributed by atoms with E-state index in [4.69, 9.17) is 0 Å². The standard InChI is InChI=1S/C25H48N2O4S/c1-5-7-9-10-11-12-13-14-15-16-23(28)26-22(19-32-17-8-6-2)24(29)27-21(25(30)31)18-20(3)4/h20-22H,5-19H2,1-4H3,(H,26,28)(H,27,29)(H,30,31)/t21-,22+/m0/s1. The Bertz CT molecular complexity index is 514. The molecule has 0 radical (unpaired) electrons. The lowest BCUT2D eigenvalue weighted by atomic mass is 10.0. The van der Waals surface area contributed by atoms with Crippen molar-refractivity contribution in [1.82, 2.24) is 10.6 Å². The van der Waals surface area contributed by atoms with Gasteiger partial charge in [0.05, 0.1) is 0 Å². The number of carbonyl (C=O) groups is 3. The van der Waals surface area contributed by atoms with Crippen LogP contribution >= 0.6 is 11.8 Å². The highest BCUT2D eigenvalue weighted by atomic mass is 32.2. The summed E-state index contributed by atoms with van der Waals surface area (Å²) in [6.45, 7) is 8.18. The van der Waals surface area contributed by atoms with Gasteiger partial charge in [0.2, 0.25) is 11.8 Å². The number of hydrogen-bond acceptors (Lipinski definition) is 4. The Labute approximate surface area is 200 Å². The molecule has 3 N–H and O–H groups in total. The van der Waals surface area contributed by atoms with Gasteiger partial charge < -0.3 is 15.7 Å². The first-order valence-corrected chi connectivity index (χ1v) is 13.9. The van der Waals surface area contributed by atoms with Crippen LogP contribution < -0.4 is 10.6 Å². The molecule has 0 saturated heterocycles. The van der Waals surface area contributed by atoms with Gasteiger partial charge in [-0.1, -0.05) is 85.5 Å². The van der Waals surface area contributed by atoms with Crippen LogP contribution in [0.1, 0.15) is 111 Å². The Kier molecular flexibility index (Phi) is 19.6. The summed E-state index contributed by atoms with van der Waals surface area (Å²) in [5, 5.41) is 14.9. The van der Waals surface area contributed by atoms with E-state index < -0.39 is 24.0 Å². The van der Waals surface area contributed by atoms with E-state index in [-0.39, 0.29) is 11.8 Å². The fraction of sp³-hybridized carbons (Fsp3) is 0.880. The molecule has 0 aromatic carbocycles. The summed E-state index contributed by atoms with van der Waals surface area (Å²) in [5.74, 6) is -0.0329. The average molecular weight is 473 g/mol. The Morgan fingerprint density at radius 2 is 1.34 bits per heavy atom. The number of carboxylic acids is 1. The maximum absolute atomic E-state index is 12.8. The van der Waals surface area contributed by atoms with Crippen LogP contribution in [0.15, 0.2) is 0 Å². The van der Waals surface area contributed by atoms with Crippen LogP contribution in [0.25, 0.3) is 0 Å². The number of nitrogens with one attached hydrogen (secondary N) is 2. The van der Waals surface area contributed by atoms with Crippen molar-refractivity contribution in [3.63, 3.8) is 0 Å². The van der Waals surface area contributed by atoms with E-state index in [0.717, 1.165) is 37.9 Å². The molecule has 0 bridgehead atoms. The molecule has 0 aromatic rings. The fourth-order valence-electron chi connectivity index (χ4n) is 3.46. The molecular weight excluding hydrogens is 424 g/mol. The molecule has 2 amide bonds. The van der Waals surface area contributed by atoms with E-state index >= 15 is 0 Å². The van der Waals surface area contributed by atoms with Crippen molar-refractivity contribution in [2.45, 2.75) is 123 Å². The van der Waals surface area contributed by atoms with Gasteiger partial charge in [-0.3, -0.25) is 9.59 Å². The third kappa shape index (κ3) is 17.3. The third-order valence-corrected chi connectivity index (χ3v) is 6.55. The monoisotopic (exact) mass is 472 g/mol. The quantitative estimate of drug-likeness (QED) is 0.191. The number of unbranched alkanes of at least 4 members (excludes halogenated alkanes) is 9. The van der Waals surface area contributed by atoms with Crippen molar-refractivity contribution in [3.05, 3.63) is 0 Å². The van der Waals surface area contributed by atoms with Crippen molar-refractivity contribution in [1.29, 1.82) is 0 Å². The van der Waals surface area contributed by atoms with Crippen LogP contribution in [0.2, 0.25) is 0 Å². The van der Waals surface area contributed by atoms with Gasteiger partial charge in [0.1, 0.15) is 12.1 Å². The second-order valence-corrected chi connectivity index (χ2v) is 10.3. The Morgan fingerprint density at radius 1 is 0.781 bits per heavy atom. The predicted molar refractivity (Wildman–Crippen MR) is 135 cm³/mol. The fourth-order valence-corrected chi connectivity index (χ4v) is 4.59. The van der Waals surface area contributed by atoms with Crippen LogP contribution in [0.3, 0.4) is 0 Å². The first kappa shape index (κ1) is 30.8. The van der Waals surface area contributed by atoms with E-state index in [9.17, 15) is 19.5 Å². The molecule has 0 aliphatic heterocycles. The first-order valence-electron chi connectivity index (χ1n) is 12.7. The zero-order valence-electron chi connectivity index (χ0n) is 20.9. The molecule has 0 saturated carbocycles. The highest BCUT2D eigenvalue weighted by Gasteiger charge is 2.27. The largest absolute Gasteiger partial charge is 0.480 e. The molecule has 188 valence electrons. The molecule has 0 spiro atoms. The van der Waals surface area contributed by atoms with E-state index in [1.165, 1.54) is 38.5 Å². The second-order valence-electron chi connectivity index (χ2n) is 9.16.